The van der Waals surface area contributed by atoms with Crippen LogP contribution in [0.5, 0.6) is 0 Å². The molecule has 0 aromatic carbocycles. The maximum absolute atomic E-state index is 3.45. The van der Waals surface area contributed by atoms with E-state index in [2.05, 4.69) is 36.7 Å². The summed E-state index contributed by atoms with van der Waals surface area (Å²) in [5, 5.41) is 5.57. The molecule has 0 fully saturated rings. The lowest BCUT2D eigenvalue weighted by Gasteiger charge is -2.09. The molecular formula is C9H15NS. The zero-order valence-corrected chi connectivity index (χ0v) is 7.95. The van der Waals surface area contributed by atoms with Crippen molar-refractivity contribution in [3.8, 4) is 0 Å². The van der Waals surface area contributed by atoms with E-state index in [1.165, 1.54) is 11.3 Å². The van der Waals surface area contributed by atoms with Crippen molar-refractivity contribution in [2.24, 2.45) is 0 Å². The Balaban J connectivity index is 2.36. The molecule has 0 radical (unpaired) electrons. The Bertz CT molecular complexity index is 181. The second-order valence-electron chi connectivity index (χ2n) is 2.69. The van der Waals surface area contributed by atoms with Gasteiger partial charge in [-0.25, -0.2) is 0 Å². The van der Waals surface area contributed by atoms with Crippen molar-refractivity contribution in [3.63, 3.8) is 0 Å². The maximum atomic E-state index is 3.45. The van der Waals surface area contributed by atoms with E-state index in [-0.39, 0.29) is 0 Å². The normalized spacial score (nSPS) is 13.3. The molecule has 1 aromatic heterocycles. The standard InChI is InChI=1S/C9H15NS/c1-3-6-10-8(2)9-5-4-7-11-9/h4-5,7-8,10H,3,6H2,1-2H3. The molecule has 0 spiro atoms. The van der Waals surface area contributed by atoms with Crippen molar-refractivity contribution in [1.29, 1.82) is 0 Å². The lowest BCUT2D eigenvalue weighted by Crippen LogP contribution is -2.18. The van der Waals surface area contributed by atoms with Gasteiger partial charge in [-0.2, -0.15) is 0 Å². The fourth-order valence-electron chi connectivity index (χ4n) is 0.999. The highest BCUT2D eigenvalue weighted by molar-refractivity contribution is 7.10. The summed E-state index contributed by atoms with van der Waals surface area (Å²) in [5.74, 6) is 0. The number of rotatable bonds is 4. The first-order valence-electron chi connectivity index (χ1n) is 4.11. The summed E-state index contributed by atoms with van der Waals surface area (Å²) in [6.07, 6.45) is 1.20. The summed E-state index contributed by atoms with van der Waals surface area (Å²) in [6.45, 7) is 5.51. The van der Waals surface area contributed by atoms with Crippen LogP contribution in [0.2, 0.25) is 0 Å². The molecule has 62 valence electrons. The van der Waals surface area contributed by atoms with Gasteiger partial charge in [0.2, 0.25) is 0 Å². The SMILES string of the molecule is CCCNC(C)c1cccs1. The molecule has 1 unspecified atom stereocenters. The molecule has 0 saturated carbocycles. The van der Waals surface area contributed by atoms with Crippen molar-refractivity contribution in [1.82, 2.24) is 5.32 Å². The Morgan fingerprint density at radius 1 is 1.64 bits per heavy atom. The Morgan fingerprint density at radius 2 is 2.45 bits per heavy atom. The molecule has 2 heteroatoms. The molecule has 1 aromatic rings. The van der Waals surface area contributed by atoms with Gasteiger partial charge < -0.3 is 5.32 Å². The third-order valence-electron chi connectivity index (χ3n) is 1.67. The summed E-state index contributed by atoms with van der Waals surface area (Å²) in [4.78, 5) is 1.43. The van der Waals surface area contributed by atoms with Crippen LogP contribution < -0.4 is 5.32 Å². The summed E-state index contributed by atoms with van der Waals surface area (Å²) >= 11 is 1.82. The first-order valence-corrected chi connectivity index (χ1v) is 4.99. The van der Waals surface area contributed by atoms with E-state index in [0.29, 0.717) is 6.04 Å². The smallest absolute Gasteiger partial charge is 0.0386 e. The summed E-state index contributed by atoms with van der Waals surface area (Å²) < 4.78 is 0. The second kappa shape index (κ2) is 4.52. The van der Waals surface area contributed by atoms with Gasteiger partial charge in [0.25, 0.3) is 0 Å². The monoisotopic (exact) mass is 169 g/mol. The molecule has 1 N–H and O–H groups in total. The fraction of sp³-hybridized carbons (Fsp3) is 0.556. The quantitative estimate of drug-likeness (QED) is 0.731. The van der Waals surface area contributed by atoms with Crippen molar-refractivity contribution in [3.05, 3.63) is 22.4 Å². The Hall–Kier alpha value is -0.340. The molecule has 1 nitrogen and oxygen atoms in total. The van der Waals surface area contributed by atoms with Gasteiger partial charge in [-0.15, -0.1) is 11.3 Å². The average molecular weight is 169 g/mol. The number of nitrogens with one attached hydrogen (secondary N) is 1. The molecule has 0 saturated heterocycles. The van der Waals surface area contributed by atoms with Crippen LogP contribution in [-0.2, 0) is 0 Å². The second-order valence-corrected chi connectivity index (χ2v) is 3.67. The zero-order chi connectivity index (χ0) is 8.10. The van der Waals surface area contributed by atoms with Crippen molar-refractivity contribution < 1.29 is 0 Å². The molecule has 0 aliphatic carbocycles. The van der Waals surface area contributed by atoms with E-state index >= 15 is 0 Å². The van der Waals surface area contributed by atoms with Crippen LogP contribution >= 0.6 is 11.3 Å². The Kier molecular flexibility index (Phi) is 3.60. The largest absolute Gasteiger partial charge is 0.309 e. The third-order valence-corrected chi connectivity index (χ3v) is 2.73. The van der Waals surface area contributed by atoms with Gasteiger partial charge in [0, 0.05) is 10.9 Å². The van der Waals surface area contributed by atoms with Crippen LogP contribution in [0.3, 0.4) is 0 Å². The van der Waals surface area contributed by atoms with Crippen LogP contribution in [0.25, 0.3) is 0 Å². The first-order chi connectivity index (χ1) is 5.34. The van der Waals surface area contributed by atoms with E-state index in [4.69, 9.17) is 0 Å². The third kappa shape index (κ3) is 2.64. The minimum atomic E-state index is 0.523. The van der Waals surface area contributed by atoms with E-state index in [0.717, 1.165) is 6.54 Å². The van der Waals surface area contributed by atoms with Crippen LogP contribution in [0.4, 0.5) is 0 Å². The van der Waals surface area contributed by atoms with Crippen molar-refractivity contribution >= 4 is 11.3 Å². The van der Waals surface area contributed by atoms with Crippen LogP contribution in [-0.4, -0.2) is 6.54 Å². The lowest BCUT2D eigenvalue weighted by molar-refractivity contribution is 0.578. The summed E-state index contributed by atoms with van der Waals surface area (Å²) in [7, 11) is 0. The van der Waals surface area contributed by atoms with E-state index < -0.39 is 0 Å². The predicted molar refractivity (Wildman–Crippen MR) is 51.0 cm³/mol. The summed E-state index contributed by atoms with van der Waals surface area (Å²) in [6, 6.07) is 4.80. The fourth-order valence-corrected chi connectivity index (χ4v) is 1.76. The van der Waals surface area contributed by atoms with Gasteiger partial charge in [0.05, 0.1) is 0 Å². The zero-order valence-electron chi connectivity index (χ0n) is 7.13. The molecule has 11 heavy (non-hydrogen) atoms. The van der Waals surface area contributed by atoms with Gasteiger partial charge in [-0.3, -0.25) is 0 Å². The van der Waals surface area contributed by atoms with Gasteiger partial charge in [-0.05, 0) is 31.3 Å². The van der Waals surface area contributed by atoms with E-state index in [9.17, 15) is 0 Å². The molecule has 0 aliphatic heterocycles. The first kappa shape index (κ1) is 8.75. The highest BCUT2D eigenvalue weighted by Crippen LogP contribution is 2.17. The molecule has 1 rings (SSSR count). The highest BCUT2D eigenvalue weighted by atomic mass is 32.1. The average Bonchev–Trinajstić information content (AvgIpc) is 2.52. The Morgan fingerprint density at radius 3 is 3.00 bits per heavy atom. The molecule has 1 atom stereocenters. The number of hydrogen-bond acceptors (Lipinski definition) is 2. The minimum absolute atomic E-state index is 0.523. The predicted octanol–water partition coefficient (Wildman–Crippen LogP) is 2.81. The molecular weight excluding hydrogens is 154 g/mol. The molecule has 1 heterocycles. The molecule has 0 aliphatic rings. The van der Waals surface area contributed by atoms with E-state index in [1.807, 2.05) is 11.3 Å². The van der Waals surface area contributed by atoms with Gasteiger partial charge in [0.15, 0.2) is 0 Å². The van der Waals surface area contributed by atoms with Crippen LogP contribution in [0.15, 0.2) is 17.5 Å². The van der Waals surface area contributed by atoms with Gasteiger partial charge >= 0.3 is 0 Å². The topological polar surface area (TPSA) is 12.0 Å². The number of thiophene rings is 1. The minimum Gasteiger partial charge on any atom is -0.309 e. The van der Waals surface area contributed by atoms with Gasteiger partial charge in [0.1, 0.15) is 0 Å². The lowest BCUT2D eigenvalue weighted by atomic mass is 10.3. The summed E-state index contributed by atoms with van der Waals surface area (Å²) in [5.41, 5.74) is 0. The molecule has 0 amide bonds. The van der Waals surface area contributed by atoms with Gasteiger partial charge in [-0.1, -0.05) is 13.0 Å². The van der Waals surface area contributed by atoms with Crippen molar-refractivity contribution in [2.75, 3.05) is 6.54 Å². The van der Waals surface area contributed by atoms with E-state index in [1.54, 1.807) is 0 Å². The highest BCUT2D eigenvalue weighted by Gasteiger charge is 2.02. The number of hydrogen-bond donors (Lipinski definition) is 1. The van der Waals surface area contributed by atoms with Crippen LogP contribution in [0.1, 0.15) is 31.2 Å². The molecule has 0 bridgehead atoms. The maximum Gasteiger partial charge on any atom is 0.0386 e. The van der Waals surface area contributed by atoms with Crippen molar-refractivity contribution in [2.45, 2.75) is 26.3 Å². The van der Waals surface area contributed by atoms with Crippen LogP contribution in [0, 0.1) is 0 Å². The Labute approximate surface area is 72.4 Å².